The Morgan fingerprint density at radius 1 is 1.25 bits per heavy atom. The number of benzene rings is 1. The summed E-state index contributed by atoms with van der Waals surface area (Å²) < 4.78 is 10.1. The minimum absolute atomic E-state index is 0.282. The van der Waals surface area contributed by atoms with Gasteiger partial charge in [-0.05, 0) is 24.3 Å². The smallest absolute Gasteiger partial charge is 0.298 e. The summed E-state index contributed by atoms with van der Waals surface area (Å²) in [7, 11) is 0. The topological polar surface area (TPSA) is 73.9 Å². The molecule has 2 heterocycles. The third kappa shape index (κ3) is 2.30. The summed E-state index contributed by atoms with van der Waals surface area (Å²) in [6, 6.07) is 7.39. The van der Waals surface area contributed by atoms with Crippen molar-refractivity contribution in [1.82, 2.24) is 14.3 Å². The number of nitrogens with zero attached hydrogens (tertiary/aromatic N) is 3. The molecule has 0 bridgehead atoms. The van der Waals surface area contributed by atoms with Gasteiger partial charge in [0.25, 0.3) is 5.19 Å². The zero-order chi connectivity index (χ0) is 14.1. The van der Waals surface area contributed by atoms with Crippen LogP contribution in [0.3, 0.4) is 0 Å². The van der Waals surface area contributed by atoms with Crippen molar-refractivity contribution in [1.29, 1.82) is 0 Å². The summed E-state index contributed by atoms with van der Waals surface area (Å²) in [6.07, 6.45) is 1.72. The molecule has 3 aromatic rings. The summed E-state index contributed by atoms with van der Waals surface area (Å²) in [6.45, 7) is 4.10. The Balaban J connectivity index is 2.00. The highest BCUT2D eigenvalue weighted by Gasteiger charge is 2.12. The fourth-order valence-corrected chi connectivity index (χ4v) is 2.53. The molecule has 0 amide bonds. The Kier molecular flexibility index (Phi) is 3.23. The van der Waals surface area contributed by atoms with Crippen LogP contribution < -0.4 is 10.5 Å². The molecule has 1 aromatic carbocycles. The van der Waals surface area contributed by atoms with Crippen LogP contribution in [0.5, 0.6) is 10.9 Å². The van der Waals surface area contributed by atoms with Crippen LogP contribution in [0.2, 0.25) is 0 Å². The maximum atomic E-state index is 5.94. The van der Waals surface area contributed by atoms with Crippen molar-refractivity contribution in [3.63, 3.8) is 0 Å². The Bertz CT molecular complexity index is 754. The highest BCUT2D eigenvalue weighted by molar-refractivity contribution is 7.07. The maximum absolute atomic E-state index is 5.94. The van der Waals surface area contributed by atoms with Crippen LogP contribution in [-0.2, 0) is 0 Å². The molecule has 0 aliphatic carbocycles. The van der Waals surface area contributed by atoms with Crippen molar-refractivity contribution < 1.29 is 4.74 Å². The van der Waals surface area contributed by atoms with E-state index in [4.69, 9.17) is 10.5 Å². The van der Waals surface area contributed by atoms with E-state index in [-0.39, 0.29) is 5.92 Å². The van der Waals surface area contributed by atoms with Gasteiger partial charge in [0.2, 0.25) is 0 Å². The second-order valence-corrected chi connectivity index (χ2v) is 5.44. The predicted molar refractivity (Wildman–Crippen MR) is 80.2 cm³/mol. The van der Waals surface area contributed by atoms with Gasteiger partial charge in [0.05, 0.1) is 0 Å². The number of nitrogens with two attached hydrogens (primary N) is 1. The summed E-state index contributed by atoms with van der Waals surface area (Å²) in [4.78, 5) is 8.69. The van der Waals surface area contributed by atoms with Gasteiger partial charge in [0.1, 0.15) is 11.3 Å². The molecule has 6 heteroatoms. The van der Waals surface area contributed by atoms with Crippen molar-refractivity contribution in [2.75, 3.05) is 5.73 Å². The van der Waals surface area contributed by atoms with E-state index in [0.29, 0.717) is 16.6 Å². The van der Waals surface area contributed by atoms with E-state index in [1.54, 1.807) is 12.3 Å². The third-order valence-electron chi connectivity index (χ3n) is 2.90. The fraction of sp³-hybridized carbons (Fsp3) is 0.214. The van der Waals surface area contributed by atoms with Crippen LogP contribution in [0.15, 0.2) is 30.5 Å². The first-order chi connectivity index (χ1) is 9.65. The number of ether oxygens (including phenoxy) is 1. The van der Waals surface area contributed by atoms with Gasteiger partial charge in [0, 0.05) is 34.7 Å². The number of aromatic nitrogens is 3. The SMILES string of the molecule is CC(C)c1nsc(Oc2ccc(N)c3cccnc23)n1. The van der Waals surface area contributed by atoms with Crippen LogP contribution in [0.1, 0.15) is 25.6 Å². The van der Waals surface area contributed by atoms with Gasteiger partial charge in [-0.3, -0.25) is 4.98 Å². The Morgan fingerprint density at radius 2 is 2.10 bits per heavy atom. The predicted octanol–water partition coefficient (Wildman–Crippen LogP) is 3.58. The van der Waals surface area contributed by atoms with E-state index in [2.05, 4.69) is 14.3 Å². The number of hydrogen-bond acceptors (Lipinski definition) is 6. The van der Waals surface area contributed by atoms with Gasteiger partial charge in [-0.2, -0.15) is 9.36 Å². The third-order valence-corrected chi connectivity index (χ3v) is 3.51. The van der Waals surface area contributed by atoms with E-state index >= 15 is 0 Å². The van der Waals surface area contributed by atoms with Crippen molar-refractivity contribution in [2.24, 2.45) is 0 Å². The van der Waals surface area contributed by atoms with Crippen molar-refractivity contribution in [3.8, 4) is 10.9 Å². The lowest BCUT2D eigenvalue weighted by Crippen LogP contribution is -1.93. The number of fused-ring (bicyclic) bond motifs is 1. The second-order valence-electron chi connectivity index (χ2n) is 4.73. The molecule has 0 aliphatic heterocycles. The molecule has 2 N–H and O–H groups in total. The van der Waals surface area contributed by atoms with Crippen LogP contribution in [-0.4, -0.2) is 14.3 Å². The molecule has 2 aromatic heterocycles. The Labute approximate surface area is 120 Å². The molecular weight excluding hydrogens is 272 g/mol. The number of pyridine rings is 1. The summed E-state index contributed by atoms with van der Waals surface area (Å²) in [5.74, 6) is 1.71. The van der Waals surface area contributed by atoms with E-state index in [0.717, 1.165) is 16.7 Å². The quantitative estimate of drug-likeness (QED) is 0.745. The van der Waals surface area contributed by atoms with Crippen molar-refractivity contribution in [2.45, 2.75) is 19.8 Å². The highest BCUT2D eigenvalue weighted by Crippen LogP contribution is 2.32. The Morgan fingerprint density at radius 3 is 2.85 bits per heavy atom. The fourth-order valence-electron chi connectivity index (χ4n) is 1.84. The maximum Gasteiger partial charge on any atom is 0.298 e. The van der Waals surface area contributed by atoms with Gasteiger partial charge in [-0.1, -0.05) is 13.8 Å². The number of nitrogen functional groups attached to an aromatic ring is 1. The molecule has 0 aliphatic rings. The molecule has 0 saturated carbocycles. The molecular formula is C14H14N4OS. The van der Waals surface area contributed by atoms with Crippen LogP contribution in [0.4, 0.5) is 5.69 Å². The van der Waals surface area contributed by atoms with Crippen molar-refractivity contribution in [3.05, 3.63) is 36.3 Å². The minimum atomic E-state index is 0.282. The van der Waals surface area contributed by atoms with Crippen LogP contribution in [0.25, 0.3) is 10.9 Å². The van der Waals surface area contributed by atoms with Crippen LogP contribution >= 0.6 is 11.5 Å². The highest BCUT2D eigenvalue weighted by atomic mass is 32.1. The molecule has 0 atom stereocenters. The van der Waals surface area contributed by atoms with E-state index in [1.165, 1.54) is 11.5 Å². The van der Waals surface area contributed by atoms with Gasteiger partial charge < -0.3 is 10.5 Å². The van der Waals surface area contributed by atoms with E-state index in [9.17, 15) is 0 Å². The summed E-state index contributed by atoms with van der Waals surface area (Å²) >= 11 is 1.24. The Hall–Kier alpha value is -2.21. The van der Waals surface area contributed by atoms with E-state index in [1.807, 2.05) is 32.0 Å². The average Bonchev–Trinajstić information content (AvgIpc) is 2.91. The first-order valence-corrected chi connectivity index (χ1v) is 7.07. The molecule has 0 fully saturated rings. The molecule has 102 valence electrons. The normalized spacial score (nSPS) is 11.2. The molecule has 5 nitrogen and oxygen atoms in total. The molecule has 3 rings (SSSR count). The first-order valence-electron chi connectivity index (χ1n) is 6.30. The van der Waals surface area contributed by atoms with Crippen LogP contribution in [0, 0.1) is 0 Å². The number of anilines is 1. The van der Waals surface area contributed by atoms with Gasteiger partial charge >= 0.3 is 0 Å². The lowest BCUT2D eigenvalue weighted by molar-refractivity contribution is 0.480. The molecule has 0 radical (unpaired) electrons. The summed E-state index contributed by atoms with van der Waals surface area (Å²) in [5.41, 5.74) is 7.35. The lowest BCUT2D eigenvalue weighted by atomic mass is 10.2. The molecule has 0 saturated heterocycles. The average molecular weight is 286 g/mol. The molecule has 0 unspecified atom stereocenters. The zero-order valence-electron chi connectivity index (χ0n) is 11.2. The zero-order valence-corrected chi connectivity index (χ0v) is 12.0. The monoisotopic (exact) mass is 286 g/mol. The molecule has 20 heavy (non-hydrogen) atoms. The second kappa shape index (κ2) is 5.05. The summed E-state index contributed by atoms with van der Waals surface area (Å²) in [5, 5.41) is 1.39. The minimum Gasteiger partial charge on any atom is -0.428 e. The lowest BCUT2D eigenvalue weighted by Gasteiger charge is -2.07. The van der Waals surface area contributed by atoms with E-state index < -0.39 is 0 Å². The number of hydrogen-bond donors (Lipinski definition) is 1. The van der Waals surface area contributed by atoms with Gasteiger partial charge in [-0.25, -0.2) is 0 Å². The number of rotatable bonds is 3. The molecule has 0 spiro atoms. The van der Waals surface area contributed by atoms with Crippen molar-refractivity contribution >= 4 is 28.1 Å². The standard InChI is InChI=1S/C14H14N4OS/c1-8(2)13-17-14(20-18-13)19-11-6-5-10(15)9-4-3-7-16-12(9)11/h3-8H,15H2,1-2H3. The van der Waals surface area contributed by atoms with Gasteiger partial charge in [0.15, 0.2) is 5.75 Å². The van der Waals surface area contributed by atoms with Gasteiger partial charge in [-0.15, -0.1) is 0 Å². The first kappa shape index (κ1) is 12.8. The largest absolute Gasteiger partial charge is 0.428 e.